The van der Waals surface area contributed by atoms with Gasteiger partial charge in [0.2, 0.25) is 0 Å². The van der Waals surface area contributed by atoms with Gasteiger partial charge in [-0.2, -0.15) is 0 Å². The monoisotopic (exact) mass is 297 g/mol. The Morgan fingerprint density at radius 2 is 2.19 bits per heavy atom. The summed E-state index contributed by atoms with van der Waals surface area (Å²) in [6.45, 7) is 4.87. The molecule has 0 atom stereocenters. The minimum Gasteiger partial charge on any atom is -0.378 e. The molecule has 0 radical (unpaired) electrons. The van der Waals surface area contributed by atoms with Gasteiger partial charge in [-0.25, -0.2) is 4.98 Å². The number of anilines is 1. The molecule has 1 N–H and O–H groups in total. The lowest BCUT2D eigenvalue weighted by atomic mass is 10.3. The highest BCUT2D eigenvalue weighted by Crippen LogP contribution is 2.19. The number of rotatable bonds is 3. The van der Waals surface area contributed by atoms with Crippen molar-refractivity contribution in [1.29, 1.82) is 0 Å². The van der Waals surface area contributed by atoms with Crippen LogP contribution in [0.4, 0.5) is 5.69 Å². The van der Waals surface area contributed by atoms with Crippen molar-refractivity contribution in [1.82, 2.24) is 9.97 Å². The number of nitrogens with zero attached hydrogens (tertiary/aromatic N) is 2. The highest BCUT2D eigenvalue weighted by Gasteiger charge is 2.04. The summed E-state index contributed by atoms with van der Waals surface area (Å²) in [6.07, 6.45) is 3.57. The van der Waals surface area contributed by atoms with Crippen LogP contribution in [0.25, 0.3) is 0 Å². The SMILES string of the molecule is Cc1nc(CNc2cncc(Br)c2)c(C)s1. The molecule has 0 saturated carbocycles. The van der Waals surface area contributed by atoms with E-state index in [-0.39, 0.29) is 0 Å². The molecule has 2 aromatic rings. The Labute approximate surface area is 107 Å². The normalized spacial score (nSPS) is 10.4. The van der Waals surface area contributed by atoms with Gasteiger partial charge in [-0.05, 0) is 35.8 Å². The standard InChI is InChI=1S/C11H12BrN3S/c1-7-11(15-8(2)16-7)6-14-10-3-9(12)4-13-5-10/h3-5,14H,6H2,1-2H3. The molecule has 0 aliphatic heterocycles. The van der Waals surface area contributed by atoms with E-state index in [0.29, 0.717) is 0 Å². The topological polar surface area (TPSA) is 37.8 Å². The van der Waals surface area contributed by atoms with Gasteiger partial charge in [-0.15, -0.1) is 11.3 Å². The van der Waals surface area contributed by atoms with Gasteiger partial charge in [0, 0.05) is 15.5 Å². The van der Waals surface area contributed by atoms with Gasteiger partial charge in [-0.3, -0.25) is 4.98 Å². The second kappa shape index (κ2) is 4.93. The Morgan fingerprint density at radius 1 is 1.38 bits per heavy atom. The molecule has 2 heterocycles. The van der Waals surface area contributed by atoms with E-state index in [2.05, 4.69) is 38.1 Å². The fraction of sp³-hybridized carbons (Fsp3) is 0.273. The van der Waals surface area contributed by atoms with Gasteiger partial charge in [0.1, 0.15) is 0 Å². The molecule has 0 amide bonds. The number of thiazole rings is 1. The summed E-state index contributed by atoms with van der Waals surface area (Å²) >= 11 is 5.12. The number of nitrogens with one attached hydrogen (secondary N) is 1. The van der Waals surface area contributed by atoms with Gasteiger partial charge in [-0.1, -0.05) is 0 Å². The van der Waals surface area contributed by atoms with Crippen molar-refractivity contribution in [2.75, 3.05) is 5.32 Å². The number of aromatic nitrogens is 2. The molecule has 0 spiro atoms. The Balaban J connectivity index is 2.05. The molecule has 0 aromatic carbocycles. The maximum absolute atomic E-state index is 4.47. The quantitative estimate of drug-likeness (QED) is 0.942. The molecule has 0 unspecified atom stereocenters. The zero-order chi connectivity index (χ0) is 11.5. The van der Waals surface area contributed by atoms with Crippen LogP contribution >= 0.6 is 27.3 Å². The van der Waals surface area contributed by atoms with Crippen molar-refractivity contribution in [2.24, 2.45) is 0 Å². The molecular formula is C11H12BrN3S. The zero-order valence-electron chi connectivity index (χ0n) is 9.12. The van der Waals surface area contributed by atoms with Gasteiger partial charge in [0.05, 0.1) is 29.1 Å². The average Bonchev–Trinajstić information content (AvgIpc) is 2.54. The van der Waals surface area contributed by atoms with E-state index in [1.165, 1.54) is 4.88 Å². The molecular weight excluding hydrogens is 286 g/mol. The molecule has 16 heavy (non-hydrogen) atoms. The van der Waals surface area contributed by atoms with E-state index >= 15 is 0 Å². The third-order valence-electron chi connectivity index (χ3n) is 2.16. The van der Waals surface area contributed by atoms with Crippen molar-refractivity contribution in [3.8, 4) is 0 Å². The van der Waals surface area contributed by atoms with Crippen LogP contribution in [-0.4, -0.2) is 9.97 Å². The Bertz CT molecular complexity index is 496. The number of aryl methyl sites for hydroxylation is 2. The van der Waals surface area contributed by atoms with Crippen LogP contribution in [0.3, 0.4) is 0 Å². The first-order chi connectivity index (χ1) is 7.65. The second-order valence-corrected chi connectivity index (χ2v) is 5.80. The van der Waals surface area contributed by atoms with Crippen molar-refractivity contribution in [3.05, 3.63) is 38.5 Å². The first-order valence-corrected chi connectivity index (χ1v) is 6.53. The molecule has 0 fully saturated rings. The van der Waals surface area contributed by atoms with E-state index in [0.717, 1.165) is 27.4 Å². The van der Waals surface area contributed by atoms with Crippen LogP contribution in [-0.2, 0) is 6.54 Å². The predicted molar refractivity (Wildman–Crippen MR) is 70.9 cm³/mol. The highest BCUT2D eigenvalue weighted by atomic mass is 79.9. The van der Waals surface area contributed by atoms with Crippen molar-refractivity contribution in [3.63, 3.8) is 0 Å². The summed E-state index contributed by atoms with van der Waals surface area (Å²) < 4.78 is 0.976. The van der Waals surface area contributed by atoms with Crippen LogP contribution in [0.1, 0.15) is 15.6 Å². The zero-order valence-corrected chi connectivity index (χ0v) is 11.5. The number of hydrogen-bond acceptors (Lipinski definition) is 4. The van der Waals surface area contributed by atoms with E-state index in [1.54, 1.807) is 23.7 Å². The van der Waals surface area contributed by atoms with Gasteiger partial charge in [0.15, 0.2) is 0 Å². The van der Waals surface area contributed by atoms with Crippen molar-refractivity contribution >= 4 is 33.0 Å². The summed E-state index contributed by atoms with van der Waals surface area (Å²) in [4.78, 5) is 9.84. The van der Waals surface area contributed by atoms with Crippen LogP contribution in [0, 0.1) is 13.8 Å². The Morgan fingerprint density at radius 3 is 2.81 bits per heavy atom. The lowest BCUT2D eigenvalue weighted by Gasteiger charge is -2.04. The molecule has 0 bridgehead atoms. The highest BCUT2D eigenvalue weighted by molar-refractivity contribution is 9.10. The van der Waals surface area contributed by atoms with Crippen LogP contribution in [0.15, 0.2) is 22.9 Å². The molecule has 5 heteroatoms. The summed E-state index contributed by atoms with van der Waals surface area (Å²) in [5.41, 5.74) is 2.11. The summed E-state index contributed by atoms with van der Waals surface area (Å²) in [5.74, 6) is 0. The number of pyridine rings is 1. The van der Waals surface area contributed by atoms with Gasteiger partial charge >= 0.3 is 0 Å². The lowest BCUT2D eigenvalue weighted by Crippen LogP contribution is -2.01. The molecule has 2 aromatic heterocycles. The maximum atomic E-state index is 4.47. The summed E-state index contributed by atoms with van der Waals surface area (Å²) in [7, 11) is 0. The van der Waals surface area contributed by atoms with Gasteiger partial charge < -0.3 is 5.32 Å². The fourth-order valence-corrected chi connectivity index (χ4v) is 2.63. The van der Waals surface area contributed by atoms with Gasteiger partial charge in [0.25, 0.3) is 0 Å². The minimum absolute atomic E-state index is 0.744. The first kappa shape index (κ1) is 11.5. The predicted octanol–water partition coefficient (Wildman–Crippen LogP) is 3.53. The smallest absolute Gasteiger partial charge is 0.0900 e. The lowest BCUT2D eigenvalue weighted by molar-refractivity contribution is 1.03. The summed E-state index contributed by atoms with van der Waals surface area (Å²) in [6, 6.07) is 2.00. The minimum atomic E-state index is 0.744. The van der Waals surface area contributed by atoms with Crippen LogP contribution < -0.4 is 5.32 Å². The molecule has 3 nitrogen and oxygen atoms in total. The van der Waals surface area contributed by atoms with Crippen LogP contribution in [0.5, 0.6) is 0 Å². The Kier molecular flexibility index (Phi) is 3.56. The number of halogens is 1. The van der Waals surface area contributed by atoms with Crippen LogP contribution in [0.2, 0.25) is 0 Å². The summed E-state index contributed by atoms with van der Waals surface area (Å²) in [5, 5.41) is 4.42. The molecule has 0 saturated heterocycles. The Hall–Kier alpha value is -0.940. The van der Waals surface area contributed by atoms with Crippen molar-refractivity contribution < 1.29 is 0 Å². The molecule has 84 valence electrons. The number of hydrogen-bond donors (Lipinski definition) is 1. The maximum Gasteiger partial charge on any atom is 0.0900 e. The average molecular weight is 298 g/mol. The van der Waals surface area contributed by atoms with E-state index < -0.39 is 0 Å². The fourth-order valence-electron chi connectivity index (χ4n) is 1.43. The van der Waals surface area contributed by atoms with E-state index in [1.807, 2.05) is 13.0 Å². The molecule has 0 aliphatic carbocycles. The van der Waals surface area contributed by atoms with Crippen molar-refractivity contribution in [2.45, 2.75) is 20.4 Å². The van der Waals surface area contributed by atoms with E-state index in [9.17, 15) is 0 Å². The van der Waals surface area contributed by atoms with E-state index in [4.69, 9.17) is 0 Å². The third-order valence-corrected chi connectivity index (χ3v) is 3.53. The third kappa shape index (κ3) is 2.80. The molecule has 0 aliphatic rings. The largest absolute Gasteiger partial charge is 0.378 e. The second-order valence-electron chi connectivity index (χ2n) is 3.48. The first-order valence-electron chi connectivity index (χ1n) is 4.92. The molecule has 2 rings (SSSR count).